The van der Waals surface area contributed by atoms with Crippen LogP contribution in [0.2, 0.25) is 0 Å². The molecule has 0 bridgehead atoms. The van der Waals surface area contributed by atoms with Gasteiger partial charge in [0.05, 0.1) is 35.3 Å². The first-order valence-corrected chi connectivity index (χ1v) is 17.2. The van der Waals surface area contributed by atoms with Crippen molar-refractivity contribution >= 4 is 28.2 Å². The highest BCUT2D eigenvalue weighted by molar-refractivity contribution is 7.89. The maximum Gasteiger partial charge on any atom is 0.408 e. The lowest BCUT2D eigenvalue weighted by Crippen LogP contribution is -2.56. The van der Waals surface area contributed by atoms with Gasteiger partial charge in [-0.05, 0) is 41.2 Å². The highest BCUT2D eigenvalue weighted by Gasteiger charge is 2.35. The Morgan fingerprint density at radius 2 is 1.57 bits per heavy atom. The monoisotopic (exact) mass is 690 g/mol. The van der Waals surface area contributed by atoms with Gasteiger partial charge in [-0.2, -0.15) is 4.31 Å². The maximum atomic E-state index is 14.2. The van der Waals surface area contributed by atoms with Crippen LogP contribution in [-0.4, -0.2) is 92.5 Å². The Labute approximate surface area is 286 Å². The van der Waals surface area contributed by atoms with Crippen molar-refractivity contribution in [2.24, 2.45) is 11.1 Å². The second-order valence-electron chi connectivity index (χ2n) is 12.1. The molecular weight excluding hydrogens is 648 g/mol. The minimum atomic E-state index is -4.11. The van der Waals surface area contributed by atoms with E-state index in [1.807, 2.05) is 50.2 Å². The Kier molecular flexibility index (Phi) is 13.0. The number of carbonyl (C=O) groups is 2. The molecule has 1 aromatic heterocycles. The molecule has 4 rings (SSSR count). The Morgan fingerprint density at radius 1 is 0.939 bits per heavy atom. The molecular formula is C35H42N6O7S. The summed E-state index contributed by atoms with van der Waals surface area (Å²) in [5.74, 6) is -0.772. The van der Waals surface area contributed by atoms with Crippen LogP contribution < -0.4 is 5.32 Å². The molecule has 0 aliphatic rings. The summed E-state index contributed by atoms with van der Waals surface area (Å²) in [5, 5.41) is 36.7. The number of aliphatic hydroxyl groups excluding tert-OH is 1. The van der Waals surface area contributed by atoms with Gasteiger partial charge in [-0.3, -0.25) is 9.69 Å². The number of rotatable bonds is 17. The van der Waals surface area contributed by atoms with E-state index in [9.17, 15) is 28.2 Å². The van der Waals surface area contributed by atoms with Crippen molar-refractivity contribution in [2.45, 2.75) is 56.3 Å². The van der Waals surface area contributed by atoms with Gasteiger partial charge < -0.3 is 25.7 Å². The van der Waals surface area contributed by atoms with Gasteiger partial charge in [-0.15, -0.1) is 0 Å². The van der Waals surface area contributed by atoms with Crippen LogP contribution in [0.25, 0.3) is 0 Å². The quantitative estimate of drug-likeness (QED) is 0.0629. The second kappa shape index (κ2) is 17.4. The maximum absolute atomic E-state index is 14.2. The number of carboxylic acid groups (broad SMARTS) is 1. The number of oxime groups is 1. The zero-order valence-corrected chi connectivity index (χ0v) is 28.1. The summed E-state index contributed by atoms with van der Waals surface area (Å²) in [4.78, 5) is 34.8. The Bertz CT molecular complexity index is 1750. The number of amides is 2. The number of hydrogen-bond acceptors (Lipinski definition) is 8. The summed E-state index contributed by atoms with van der Waals surface area (Å²) in [5.41, 5.74) is 2.41. The van der Waals surface area contributed by atoms with Gasteiger partial charge in [-0.1, -0.05) is 91.8 Å². The smallest absolute Gasteiger partial charge is 0.408 e. The first-order chi connectivity index (χ1) is 23.5. The van der Waals surface area contributed by atoms with Crippen LogP contribution in [0.3, 0.4) is 0 Å². The van der Waals surface area contributed by atoms with Crippen LogP contribution in [-0.2, 0) is 34.2 Å². The van der Waals surface area contributed by atoms with E-state index in [1.54, 1.807) is 30.5 Å². The van der Waals surface area contributed by atoms with E-state index in [4.69, 9.17) is 5.21 Å². The average Bonchev–Trinajstić information content (AvgIpc) is 3.60. The van der Waals surface area contributed by atoms with Gasteiger partial charge in [0.2, 0.25) is 15.9 Å². The predicted octanol–water partition coefficient (Wildman–Crippen LogP) is 3.74. The third-order valence-corrected chi connectivity index (χ3v) is 9.70. The largest absolute Gasteiger partial charge is 0.465 e. The first-order valence-electron chi connectivity index (χ1n) is 15.8. The van der Waals surface area contributed by atoms with E-state index < -0.39 is 40.2 Å². The Morgan fingerprint density at radius 3 is 2.12 bits per heavy atom. The topological polar surface area (TPSA) is 189 Å². The summed E-state index contributed by atoms with van der Waals surface area (Å²) in [7, 11) is -4.11. The molecule has 1 heterocycles. The number of sulfonamides is 1. The summed E-state index contributed by atoms with van der Waals surface area (Å²) < 4.78 is 28.9. The van der Waals surface area contributed by atoms with Crippen molar-refractivity contribution in [3.8, 4) is 0 Å². The normalized spacial score (nSPS) is 13.7. The van der Waals surface area contributed by atoms with E-state index in [0.717, 1.165) is 10.5 Å². The van der Waals surface area contributed by atoms with Crippen LogP contribution in [0.15, 0.2) is 108 Å². The molecule has 0 aliphatic heterocycles. The Hall–Kier alpha value is -5.05. The summed E-state index contributed by atoms with van der Waals surface area (Å²) in [6, 6.07) is 21.5. The lowest BCUT2D eigenvalue weighted by atomic mass is 9.99. The molecule has 14 heteroatoms. The van der Waals surface area contributed by atoms with Crippen molar-refractivity contribution in [1.29, 1.82) is 0 Å². The van der Waals surface area contributed by atoms with Gasteiger partial charge in [0.25, 0.3) is 0 Å². The number of carbonyl (C=O) groups excluding carboxylic acids is 1. The molecule has 0 aliphatic carbocycles. The molecule has 0 radical (unpaired) electrons. The third-order valence-electron chi connectivity index (χ3n) is 7.85. The third kappa shape index (κ3) is 10.5. The van der Waals surface area contributed by atoms with Crippen molar-refractivity contribution in [3.05, 3.63) is 120 Å². The zero-order chi connectivity index (χ0) is 35.4. The Balaban J connectivity index is 1.66. The van der Waals surface area contributed by atoms with Crippen molar-refractivity contribution in [3.63, 3.8) is 0 Å². The fourth-order valence-electron chi connectivity index (χ4n) is 5.42. The van der Waals surface area contributed by atoms with E-state index >= 15 is 0 Å². The van der Waals surface area contributed by atoms with Crippen LogP contribution in [0.1, 0.15) is 36.2 Å². The molecule has 5 N–H and O–H groups in total. The van der Waals surface area contributed by atoms with E-state index in [1.165, 1.54) is 41.1 Å². The fourth-order valence-corrected chi connectivity index (χ4v) is 7.04. The van der Waals surface area contributed by atoms with E-state index in [0.29, 0.717) is 16.8 Å². The first kappa shape index (κ1) is 36.8. The number of nitrogens with zero attached hydrogens (tertiary/aromatic N) is 4. The van der Waals surface area contributed by atoms with Gasteiger partial charge in [0.1, 0.15) is 6.04 Å². The molecule has 13 nitrogen and oxygen atoms in total. The lowest BCUT2D eigenvalue weighted by Gasteiger charge is -2.33. The average molecular weight is 691 g/mol. The van der Waals surface area contributed by atoms with E-state index in [2.05, 4.69) is 20.4 Å². The van der Waals surface area contributed by atoms with Crippen LogP contribution in [0.4, 0.5) is 4.79 Å². The van der Waals surface area contributed by atoms with Gasteiger partial charge in [0.15, 0.2) is 0 Å². The fraction of sp³-hybridized carbons (Fsp3) is 0.314. The van der Waals surface area contributed by atoms with Crippen LogP contribution in [0, 0.1) is 5.92 Å². The molecule has 0 spiro atoms. The number of nitrogens with one attached hydrogen (secondary N) is 2. The number of aliphatic hydroxyl groups is 1. The summed E-state index contributed by atoms with van der Waals surface area (Å²) >= 11 is 0. The van der Waals surface area contributed by atoms with Crippen LogP contribution >= 0.6 is 0 Å². The molecule has 0 saturated carbocycles. The summed E-state index contributed by atoms with van der Waals surface area (Å²) in [6.45, 7) is 3.36. The number of H-pyrrole nitrogens is 1. The molecule has 4 aromatic rings. The molecule has 3 atom stereocenters. The van der Waals surface area contributed by atoms with Gasteiger partial charge in [-0.25, -0.2) is 18.2 Å². The lowest BCUT2D eigenvalue weighted by molar-refractivity contribution is -0.127. The second-order valence-corrected chi connectivity index (χ2v) is 14.0. The van der Waals surface area contributed by atoms with Gasteiger partial charge in [0, 0.05) is 32.3 Å². The molecule has 2 amide bonds. The molecule has 0 fully saturated rings. The number of imidazole rings is 1. The van der Waals surface area contributed by atoms with Gasteiger partial charge >= 0.3 is 6.09 Å². The molecule has 260 valence electrons. The van der Waals surface area contributed by atoms with E-state index in [-0.39, 0.29) is 43.3 Å². The minimum absolute atomic E-state index is 0.0174. The highest BCUT2D eigenvalue weighted by atomic mass is 32.2. The summed E-state index contributed by atoms with van der Waals surface area (Å²) in [6.07, 6.45) is 1.57. The van der Waals surface area contributed by atoms with Crippen molar-refractivity contribution < 1.29 is 33.4 Å². The number of benzene rings is 3. The number of aromatic nitrogens is 2. The number of aromatic amines is 1. The number of hydrogen-bond donors (Lipinski definition) is 5. The molecule has 0 unspecified atom stereocenters. The minimum Gasteiger partial charge on any atom is -0.465 e. The SMILES string of the molecule is CC(C)CN(C[C@@H](O)[C@H](Cc1ccccc1)NC(=O)[C@H](Cc1c[nH]cn1)N(Cc1ccccc1)C(=O)O)S(=O)(=O)c1ccc(C=NO)cc1. The highest BCUT2D eigenvalue weighted by Crippen LogP contribution is 2.21. The zero-order valence-electron chi connectivity index (χ0n) is 27.3. The van der Waals surface area contributed by atoms with Crippen molar-refractivity contribution in [2.75, 3.05) is 13.1 Å². The standard InChI is InChI=1S/C35H42N6O7S/c1-25(2)21-40(49(47,48)30-15-13-27(14-16-30)19-38-46)23-33(42)31(17-26-9-5-3-6-10-26)39-34(43)32(18-29-20-36-24-37-29)41(35(44)45)22-28-11-7-4-8-12-28/h3-16,19-20,24-25,31-33,42,46H,17-18,21-23H2,1-2H3,(H,36,37)(H,39,43)(H,44,45)/t31-,32-,33+/m0/s1. The predicted molar refractivity (Wildman–Crippen MR) is 184 cm³/mol. The molecule has 49 heavy (non-hydrogen) atoms. The molecule has 3 aromatic carbocycles. The molecule has 0 saturated heterocycles. The van der Waals surface area contributed by atoms with Crippen LogP contribution in [0.5, 0.6) is 0 Å². The van der Waals surface area contributed by atoms with Crippen molar-refractivity contribution in [1.82, 2.24) is 24.5 Å².